The van der Waals surface area contributed by atoms with Crippen molar-refractivity contribution in [2.24, 2.45) is 7.05 Å². The molecular weight excluding hydrogens is 208 g/mol. The van der Waals surface area contributed by atoms with E-state index < -0.39 is 0 Å². The Kier molecular flexibility index (Phi) is 2.86. The number of nitrogens with zero attached hydrogens (tertiary/aromatic N) is 2. The number of benzene rings is 1. The van der Waals surface area contributed by atoms with Crippen LogP contribution in [0.2, 0.25) is 0 Å². The topological polar surface area (TPSA) is 27.1 Å². The Morgan fingerprint density at radius 1 is 1.47 bits per heavy atom. The summed E-state index contributed by atoms with van der Waals surface area (Å²) in [6.07, 6.45) is 0. The molecule has 2 aromatic rings. The minimum absolute atomic E-state index is 0.855. The number of hydrogen-bond donors (Lipinski definition) is 0. The highest BCUT2D eigenvalue weighted by Crippen LogP contribution is 2.25. The smallest absolute Gasteiger partial charge is 0.168 e. The molecule has 0 aliphatic carbocycles. The van der Waals surface area contributed by atoms with Gasteiger partial charge in [0.05, 0.1) is 18.1 Å². The first-order valence-electron chi connectivity index (χ1n) is 4.89. The molecular formula is C11H14N2OS. The Hall–Kier alpha value is -1.16. The third-order valence-electron chi connectivity index (χ3n) is 2.32. The van der Waals surface area contributed by atoms with E-state index in [2.05, 4.69) is 16.5 Å². The van der Waals surface area contributed by atoms with E-state index >= 15 is 0 Å². The first kappa shape index (κ1) is 10.4. The number of thioether (sulfide) groups is 1. The van der Waals surface area contributed by atoms with Crippen LogP contribution in [-0.2, 0) is 7.05 Å². The molecule has 0 aliphatic heterocycles. The molecule has 0 spiro atoms. The number of hydrogen-bond acceptors (Lipinski definition) is 3. The van der Waals surface area contributed by atoms with Gasteiger partial charge in [0, 0.05) is 13.1 Å². The SMILES string of the molecule is CCSc1nc2cc(OC)ccc2n1C. The van der Waals surface area contributed by atoms with Crippen molar-refractivity contribution in [3.05, 3.63) is 18.2 Å². The second-order valence-electron chi connectivity index (χ2n) is 3.24. The van der Waals surface area contributed by atoms with Crippen LogP contribution in [0.5, 0.6) is 5.75 Å². The average molecular weight is 222 g/mol. The summed E-state index contributed by atoms with van der Waals surface area (Å²) < 4.78 is 7.29. The van der Waals surface area contributed by atoms with Gasteiger partial charge in [-0.3, -0.25) is 0 Å². The van der Waals surface area contributed by atoms with Gasteiger partial charge < -0.3 is 9.30 Å². The van der Waals surface area contributed by atoms with E-state index in [-0.39, 0.29) is 0 Å². The van der Waals surface area contributed by atoms with Crippen molar-refractivity contribution in [2.45, 2.75) is 12.1 Å². The van der Waals surface area contributed by atoms with Gasteiger partial charge in [-0.25, -0.2) is 4.98 Å². The summed E-state index contributed by atoms with van der Waals surface area (Å²) in [5, 5.41) is 1.06. The molecule has 0 unspecified atom stereocenters. The molecule has 0 atom stereocenters. The predicted octanol–water partition coefficient (Wildman–Crippen LogP) is 2.69. The van der Waals surface area contributed by atoms with Crippen LogP contribution in [0.4, 0.5) is 0 Å². The normalized spacial score (nSPS) is 10.9. The van der Waals surface area contributed by atoms with Crippen molar-refractivity contribution in [1.82, 2.24) is 9.55 Å². The average Bonchev–Trinajstić information content (AvgIpc) is 2.56. The van der Waals surface area contributed by atoms with Crippen LogP contribution in [0.1, 0.15) is 6.92 Å². The lowest BCUT2D eigenvalue weighted by Crippen LogP contribution is -1.90. The summed E-state index contributed by atoms with van der Waals surface area (Å²) in [4.78, 5) is 4.56. The van der Waals surface area contributed by atoms with Crippen molar-refractivity contribution in [3.63, 3.8) is 0 Å². The van der Waals surface area contributed by atoms with Gasteiger partial charge in [0.15, 0.2) is 5.16 Å². The van der Waals surface area contributed by atoms with E-state index in [4.69, 9.17) is 4.74 Å². The number of aromatic nitrogens is 2. The molecule has 0 aliphatic rings. The molecule has 1 heterocycles. The summed E-state index contributed by atoms with van der Waals surface area (Å²) in [6, 6.07) is 5.97. The molecule has 0 bridgehead atoms. The van der Waals surface area contributed by atoms with Gasteiger partial charge in [0.25, 0.3) is 0 Å². The summed E-state index contributed by atoms with van der Waals surface area (Å²) >= 11 is 1.75. The maximum Gasteiger partial charge on any atom is 0.168 e. The highest BCUT2D eigenvalue weighted by Gasteiger charge is 2.07. The third-order valence-corrected chi connectivity index (χ3v) is 3.23. The summed E-state index contributed by atoms with van der Waals surface area (Å²) in [5.41, 5.74) is 2.14. The van der Waals surface area contributed by atoms with Crippen molar-refractivity contribution in [2.75, 3.05) is 12.9 Å². The van der Waals surface area contributed by atoms with Crippen molar-refractivity contribution in [1.29, 1.82) is 0 Å². The minimum atomic E-state index is 0.855. The van der Waals surface area contributed by atoms with Gasteiger partial charge in [-0.15, -0.1) is 0 Å². The van der Waals surface area contributed by atoms with Gasteiger partial charge >= 0.3 is 0 Å². The zero-order chi connectivity index (χ0) is 10.8. The molecule has 0 saturated carbocycles. The second kappa shape index (κ2) is 4.14. The number of aryl methyl sites for hydroxylation is 1. The molecule has 4 heteroatoms. The maximum atomic E-state index is 5.18. The van der Waals surface area contributed by atoms with Crippen molar-refractivity contribution in [3.8, 4) is 5.75 Å². The van der Waals surface area contributed by atoms with E-state index in [0.29, 0.717) is 0 Å². The Balaban J connectivity index is 2.55. The number of rotatable bonds is 3. The lowest BCUT2D eigenvalue weighted by Gasteiger charge is -2.00. The third kappa shape index (κ3) is 1.81. The quantitative estimate of drug-likeness (QED) is 0.747. The first-order chi connectivity index (χ1) is 7.26. The Bertz CT molecular complexity index is 479. The maximum absolute atomic E-state index is 5.18. The van der Waals surface area contributed by atoms with E-state index in [0.717, 1.165) is 27.7 Å². The molecule has 1 aromatic heterocycles. The predicted molar refractivity (Wildman–Crippen MR) is 63.7 cm³/mol. The van der Waals surface area contributed by atoms with Crippen LogP contribution < -0.4 is 4.74 Å². The van der Waals surface area contributed by atoms with Crippen LogP contribution in [0, 0.1) is 0 Å². The van der Waals surface area contributed by atoms with Gasteiger partial charge in [0.2, 0.25) is 0 Å². The number of methoxy groups -OCH3 is 1. The van der Waals surface area contributed by atoms with Gasteiger partial charge in [-0.2, -0.15) is 0 Å². The highest BCUT2D eigenvalue weighted by atomic mass is 32.2. The fourth-order valence-electron chi connectivity index (χ4n) is 1.54. The van der Waals surface area contributed by atoms with Crippen molar-refractivity contribution < 1.29 is 4.74 Å². The number of imidazole rings is 1. The number of ether oxygens (including phenoxy) is 1. The lowest BCUT2D eigenvalue weighted by molar-refractivity contribution is 0.415. The largest absolute Gasteiger partial charge is 0.497 e. The Morgan fingerprint density at radius 2 is 2.27 bits per heavy atom. The first-order valence-corrected chi connectivity index (χ1v) is 5.88. The second-order valence-corrected chi connectivity index (χ2v) is 4.47. The van der Waals surface area contributed by atoms with Gasteiger partial charge in [0.1, 0.15) is 5.75 Å². The van der Waals surface area contributed by atoms with E-state index in [1.54, 1.807) is 18.9 Å². The molecule has 80 valence electrons. The van der Waals surface area contributed by atoms with Gasteiger partial charge in [-0.05, 0) is 17.9 Å². The lowest BCUT2D eigenvalue weighted by atomic mass is 10.3. The molecule has 2 rings (SSSR count). The molecule has 0 amide bonds. The molecule has 3 nitrogen and oxygen atoms in total. The zero-order valence-electron chi connectivity index (χ0n) is 9.15. The minimum Gasteiger partial charge on any atom is -0.497 e. The van der Waals surface area contributed by atoms with Crippen molar-refractivity contribution >= 4 is 22.8 Å². The summed E-state index contributed by atoms with van der Waals surface area (Å²) in [6.45, 7) is 2.13. The van der Waals surface area contributed by atoms with E-state index in [9.17, 15) is 0 Å². The number of fused-ring (bicyclic) bond motifs is 1. The monoisotopic (exact) mass is 222 g/mol. The molecule has 0 radical (unpaired) electrons. The van der Waals surface area contributed by atoms with Gasteiger partial charge in [-0.1, -0.05) is 18.7 Å². The zero-order valence-corrected chi connectivity index (χ0v) is 9.97. The molecule has 0 saturated heterocycles. The fraction of sp³-hybridized carbons (Fsp3) is 0.364. The molecule has 15 heavy (non-hydrogen) atoms. The fourth-order valence-corrected chi connectivity index (χ4v) is 2.26. The van der Waals surface area contributed by atoms with Crippen LogP contribution >= 0.6 is 11.8 Å². The molecule has 0 N–H and O–H groups in total. The van der Waals surface area contributed by atoms with Crippen LogP contribution in [0.3, 0.4) is 0 Å². The standard InChI is InChI=1S/C11H14N2OS/c1-4-15-11-12-9-7-8(14-3)5-6-10(9)13(11)2/h5-7H,4H2,1-3H3. The van der Waals surface area contributed by atoms with Crippen LogP contribution in [0.15, 0.2) is 23.4 Å². The highest BCUT2D eigenvalue weighted by molar-refractivity contribution is 7.99. The summed E-state index contributed by atoms with van der Waals surface area (Å²) in [5.74, 6) is 1.89. The Labute approximate surface area is 93.4 Å². The summed E-state index contributed by atoms with van der Waals surface area (Å²) in [7, 11) is 3.71. The Morgan fingerprint density at radius 3 is 2.93 bits per heavy atom. The van der Waals surface area contributed by atoms with Crippen LogP contribution in [0.25, 0.3) is 11.0 Å². The van der Waals surface area contributed by atoms with E-state index in [1.165, 1.54) is 0 Å². The van der Waals surface area contributed by atoms with Crippen LogP contribution in [-0.4, -0.2) is 22.4 Å². The molecule has 0 fully saturated rings. The van der Waals surface area contributed by atoms with E-state index in [1.807, 2.05) is 25.2 Å². The molecule has 1 aromatic carbocycles.